The van der Waals surface area contributed by atoms with E-state index in [1.54, 1.807) is 0 Å². The minimum absolute atomic E-state index is 0.0178. The zero-order valence-corrected chi connectivity index (χ0v) is 11.9. The number of phenolic OH excluding ortho intramolecular Hbond substituents is 1. The van der Waals surface area contributed by atoms with Crippen LogP contribution in [0.5, 0.6) is 11.5 Å². The van der Waals surface area contributed by atoms with Crippen molar-refractivity contribution in [2.24, 2.45) is 5.41 Å². The SMILES string of the molecule is COc1cc([N+](=O)[O-])cc([C@H]2NC(=O)OCC2(C)C)c1O. The molecule has 0 radical (unpaired) electrons. The fourth-order valence-corrected chi connectivity index (χ4v) is 2.28. The highest BCUT2D eigenvalue weighted by atomic mass is 16.6. The first-order valence-electron chi connectivity index (χ1n) is 6.25. The van der Waals surface area contributed by atoms with Crippen LogP contribution in [0.3, 0.4) is 0 Å². The van der Waals surface area contributed by atoms with E-state index in [2.05, 4.69) is 5.32 Å². The normalized spacial score (nSPS) is 20.3. The van der Waals surface area contributed by atoms with E-state index in [1.165, 1.54) is 13.2 Å². The van der Waals surface area contributed by atoms with E-state index in [9.17, 15) is 20.0 Å². The molecule has 1 heterocycles. The number of nitro groups is 1. The first-order chi connectivity index (χ1) is 9.76. The monoisotopic (exact) mass is 296 g/mol. The van der Waals surface area contributed by atoms with E-state index in [1.807, 2.05) is 13.8 Å². The number of non-ortho nitro benzene ring substituents is 1. The van der Waals surface area contributed by atoms with E-state index in [-0.39, 0.29) is 29.4 Å². The number of carbonyl (C=O) groups is 1. The van der Waals surface area contributed by atoms with Crippen LogP contribution in [0.25, 0.3) is 0 Å². The number of carbonyl (C=O) groups excluding carboxylic acids is 1. The molecule has 1 amide bonds. The van der Waals surface area contributed by atoms with Crippen LogP contribution in [-0.4, -0.2) is 29.8 Å². The summed E-state index contributed by atoms with van der Waals surface area (Å²) in [5, 5.41) is 23.8. The molecule has 8 nitrogen and oxygen atoms in total. The van der Waals surface area contributed by atoms with Gasteiger partial charge in [-0.3, -0.25) is 10.1 Å². The number of hydrogen-bond acceptors (Lipinski definition) is 6. The summed E-state index contributed by atoms with van der Waals surface area (Å²) in [4.78, 5) is 21.9. The van der Waals surface area contributed by atoms with Gasteiger partial charge < -0.3 is 19.9 Å². The van der Waals surface area contributed by atoms with Gasteiger partial charge in [0.05, 0.1) is 24.1 Å². The summed E-state index contributed by atoms with van der Waals surface area (Å²) in [5.41, 5.74) is -0.551. The lowest BCUT2D eigenvalue weighted by Gasteiger charge is -2.38. The molecule has 1 aromatic rings. The third-order valence-electron chi connectivity index (χ3n) is 3.45. The molecule has 1 fully saturated rings. The summed E-state index contributed by atoms with van der Waals surface area (Å²) in [6.07, 6.45) is -0.635. The number of benzene rings is 1. The maximum atomic E-state index is 11.4. The Bertz CT molecular complexity index is 599. The third kappa shape index (κ3) is 2.69. The Morgan fingerprint density at radius 1 is 1.52 bits per heavy atom. The Kier molecular flexibility index (Phi) is 3.63. The summed E-state index contributed by atoms with van der Waals surface area (Å²) in [7, 11) is 1.30. The van der Waals surface area contributed by atoms with Gasteiger partial charge in [0.15, 0.2) is 11.5 Å². The van der Waals surface area contributed by atoms with Crippen LogP contribution in [0, 0.1) is 15.5 Å². The predicted octanol–water partition coefficient (Wildman–Crippen LogP) is 2.12. The molecule has 0 unspecified atom stereocenters. The van der Waals surface area contributed by atoms with Crippen molar-refractivity contribution in [2.75, 3.05) is 13.7 Å². The molecule has 1 aliphatic rings. The minimum Gasteiger partial charge on any atom is -0.504 e. The topological polar surface area (TPSA) is 111 Å². The number of alkyl carbamates (subject to hydrolysis) is 1. The van der Waals surface area contributed by atoms with Crippen molar-refractivity contribution in [3.05, 3.63) is 27.8 Å². The smallest absolute Gasteiger partial charge is 0.407 e. The number of nitro benzene ring substituents is 1. The van der Waals surface area contributed by atoms with Gasteiger partial charge in [-0.05, 0) is 0 Å². The Balaban J connectivity index is 2.58. The summed E-state index contributed by atoms with van der Waals surface area (Å²) < 4.78 is 9.89. The van der Waals surface area contributed by atoms with E-state index >= 15 is 0 Å². The molecular formula is C13H16N2O6. The maximum Gasteiger partial charge on any atom is 0.407 e. The molecule has 0 spiro atoms. The predicted molar refractivity (Wildman–Crippen MR) is 72.3 cm³/mol. The second kappa shape index (κ2) is 5.12. The molecule has 1 atom stereocenters. The zero-order valence-electron chi connectivity index (χ0n) is 11.9. The molecule has 8 heteroatoms. The van der Waals surface area contributed by atoms with E-state index in [4.69, 9.17) is 9.47 Å². The Morgan fingerprint density at radius 2 is 2.19 bits per heavy atom. The highest BCUT2D eigenvalue weighted by Gasteiger charge is 2.40. The van der Waals surface area contributed by atoms with Gasteiger partial charge in [-0.1, -0.05) is 13.8 Å². The molecule has 21 heavy (non-hydrogen) atoms. The van der Waals surface area contributed by atoms with Crippen LogP contribution in [-0.2, 0) is 4.74 Å². The average molecular weight is 296 g/mol. The number of rotatable bonds is 3. The van der Waals surface area contributed by atoms with Gasteiger partial charge in [-0.2, -0.15) is 0 Å². The van der Waals surface area contributed by atoms with Crippen molar-refractivity contribution in [3.8, 4) is 11.5 Å². The molecule has 0 saturated carbocycles. The second-order valence-electron chi connectivity index (χ2n) is 5.49. The Hall–Kier alpha value is -2.51. The molecule has 2 rings (SSSR count). The fraction of sp³-hybridized carbons (Fsp3) is 0.462. The quantitative estimate of drug-likeness (QED) is 0.652. The molecule has 0 aliphatic carbocycles. The molecule has 1 aromatic carbocycles. The van der Waals surface area contributed by atoms with Crippen LogP contribution < -0.4 is 10.1 Å². The summed E-state index contributed by atoms with van der Waals surface area (Å²) in [6, 6.07) is 1.73. The van der Waals surface area contributed by atoms with Gasteiger partial charge in [0.2, 0.25) is 0 Å². The van der Waals surface area contributed by atoms with Gasteiger partial charge in [-0.25, -0.2) is 4.79 Å². The van der Waals surface area contributed by atoms with Crippen molar-refractivity contribution in [2.45, 2.75) is 19.9 Å². The highest BCUT2D eigenvalue weighted by Crippen LogP contribution is 2.44. The maximum absolute atomic E-state index is 11.4. The van der Waals surface area contributed by atoms with Gasteiger partial charge in [0.25, 0.3) is 5.69 Å². The van der Waals surface area contributed by atoms with E-state index < -0.39 is 22.5 Å². The number of cyclic esters (lactones) is 1. The number of hydrogen-bond donors (Lipinski definition) is 2. The van der Waals surface area contributed by atoms with Crippen LogP contribution in [0.15, 0.2) is 12.1 Å². The summed E-state index contributed by atoms with van der Waals surface area (Å²) in [6.45, 7) is 3.78. The van der Waals surface area contributed by atoms with Gasteiger partial charge in [0, 0.05) is 17.0 Å². The van der Waals surface area contributed by atoms with Crippen molar-refractivity contribution >= 4 is 11.8 Å². The second-order valence-corrected chi connectivity index (χ2v) is 5.49. The number of aromatic hydroxyl groups is 1. The van der Waals surface area contributed by atoms with Crippen molar-refractivity contribution in [1.29, 1.82) is 0 Å². The number of ether oxygens (including phenoxy) is 2. The Labute approximate surface area is 120 Å². The van der Waals surface area contributed by atoms with E-state index in [0.29, 0.717) is 0 Å². The van der Waals surface area contributed by atoms with Crippen LogP contribution in [0.1, 0.15) is 25.5 Å². The molecule has 0 aromatic heterocycles. The fourth-order valence-electron chi connectivity index (χ4n) is 2.28. The van der Waals surface area contributed by atoms with Crippen molar-refractivity contribution in [1.82, 2.24) is 5.32 Å². The molecule has 0 bridgehead atoms. The molecule has 114 valence electrons. The van der Waals surface area contributed by atoms with E-state index in [0.717, 1.165) is 6.07 Å². The van der Waals surface area contributed by atoms with Gasteiger partial charge in [0.1, 0.15) is 6.61 Å². The lowest BCUT2D eigenvalue weighted by molar-refractivity contribution is -0.385. The lowest BCUT2D eigenvalue weighted by Crippen LogP contribution is -2.46. The van der Waals surface area contributed by atoms with Crippen molar-refractivity contribution < 1.29 is 24.3 Å². The van der Waals surface area contributed by atoms with Crippen LogP contribution >= 0.6 is 0 Å². The van der Waals surface area contributed by atoms with Crippen LogP contribution in [0.4, 0.5) is 10.5 Å². The lowest BCUT2D eigenvalue weighted by atomic mass is 9.80. The van der Waals surface area contributed by atoms with Gasteiger partial charge >= 0.3 is 6.09 Å². The number of nitrogens with one attached hydrogen (secondary N) is 1. The summed E-state index contributed by atoms with van der Waals surface area (Å²) in [5.74, 6) is -0.251. The first kappa shape index (κ1) is 14.9. The number of amides is 1. The highest BCUT2D eigenvalue weighted by molar-refractivity contribution is 5.70. The minimum atomic E-state index is -0.635. The zero-order chi connectivity index (χ0) is 15.8. The number of nitrogens with zero attached hydrogens (tertiary/aromatic N) is 1. The van der Waals surface area contributed by atoms with Gasteiger partial charge in [-0.15, -0.1) is 0 Å². The third-order valence-corrected chi connectivity index (χ3v) is 3.45. The van der Waals surface area contributed by atoms with Crippen LogP contribution in [0.2, 0.25) is 0 Å². The standard InChI is InChI=1S/C13H16N2O6/c1-13(2)6-21-12(17)14-11(13)8-4-7(15(18)19)5-9(20-3)10(8)16/h4-5,11,16H,6H2,1-3H3,(H,14,17)/t11-/m1/s1. The molecule has 1 saturated heterocycles. The first-order valence-corrected chi connectivity index (χ1v) is 6.25. The van der Waals surface area contributed by atoms with Crippen molar-refractivity contribution in [3.63, 3.8) is 0 Å². The molecule has 2 N–H and O–H groups in total. The molecular weight excluding hydrogens is 280 g/mol. The number of phenols is 1. The summed E-state index contributed by atoms with van der Waals surface area (Å²) >= 11 is 0. The molecule has 1 aliphatic heterocycles. The largest absolute Gasteiger partial charge is 0.504 e. The Morgan fingerprint density at radius 3 is 2.76 bits per heavy atom. The average Bonchev–Trinajstić information content (AvgIpc) is 2.42. The number of methoxy groups -OCH3 is 1.